The van der Waals surface area contributed by atoms with Crippen LogP contribution in [0.5, 0.6) is 0 Å². The van der Waals surface area contributed by atoms with Crippen molar-refractivity contribution in [3.05, 3.63) is 35.1 Å². The second-order valence-corrected chi connectivity index (χ2v) is 3.60. The quantitative estimate of drug-likeness (QED) is 0.826. The minimum atomic E-state index is -5.74. The fourth-order valence-corrected chi connectivity index (χ4v) is 1.36. The minimum absolute atomic E-state index is 0. The molecule has 8 heteroatoms. The Kier molecular flexibility index (Phi) is 5.07. The Morgan fingerprint density at radius 3 is 2.00 bits per heavy atom. The number of hydrogen-bond donors (Lipinski definition) is 1. The summed E-state index contributed by atoms with van der Waals surface area (Å²) in [4.78, 5) is 0. The van der Waals surface area contributed by atoms with E-state index in [1.165, 1.54) is 6.92 Å². The number of aryl methyl sites for hydroxylation is 1. The van der Waals surface area contributed by atoms with Crippen molar-refractivity contribution < 1.29 is 26.3 Å². The molecular formula is C10H10ClF6N. The zero-order valence-electron chi connectivity index (χ0n) is 9.06. The van der Waals surface area contributed by atoms with Crippen molar-refractivity contribution >= 4 is 12.4 Å². The van der Waals surface area contributed by atoms with Crippen LogP contribution in [0.4, 0.5) is 26.3 Å². The molecule has 0 bridgehead atoms. The van der Waals surface area contributed by atoms with Gasteiger partial charge in [-0.2, -0.15) is 22.0 Å². The second kappa shape index (κ2) is 5.36. The van der Waals surface area contributed by atoms with E-state index < -0.39 is 29.5 Å². The average Bonchev–Trinajstić information content (AvgIpc) is 2.14. The number of halogens is 7. The van der Waals surface area contributed by atoms with E-state index in [9.17, 15) is 26.3 Å². The summed E-state index contributed by atoms with van der Waals surface area (Å²) < 4.78 is 74.8. The van der Waals surface area contributed by atoms with E-state index in [1.807, 2.05) is 0 Å². The van der Waals surface area contributed by atoms with Gasteiger partial charge in [-0.3, -0.25) is 0 Å². The number of benzene rings is 1. The molecule has 0 saturated heterocycles. The van der Waals surface area contributed by atoms with Crippen LogP contribution in [0.3, 0.4) is 0 Å². The molecule has 0 aliphatic rings. The summed E-state index contributed by atoms with van der Waals surface area (Å²) in [7, 11) is 0. The summed E-state index contributed by atoms with van der Waals surface area (Å²) in [6, 6.07) is -0.0891. The molecule has 0 aliphatic carbocycles. The van der Waals surface area contributed by atoms with Crippen molar-refractivity contribution in [1.29, 1.82) is 0 Å². The van der Waals surface area contributed by atoms with Gasteiger partial charge < -0.3 is 5.73 Å². The van der Waals surface area contributed by atoms with Crippen molar-refractivity contribution in [2.45, 2.75) is 25.1 Å². The van der Waals surface area contributed by atoms with Crippen LogP contribution >= 0.6 is 12.4 Å². The van der Waals surface area contributed by atoms with Crippen molar-refractivity contribution in [3.8, 4) is 0 Å². The topological polar surface area (TPSA) is 26.0 Å². The summed E-state index contributed by atoms with van der Waals surface area (Å²) in [5, 5.41) is 0. The first-order valence-corrected chi connectivity index (χ1v) is 4.53. The van der Waals surface area contributed by atoms with Crippen LogP contribution in [-0.2, 0) is 0 Å². The molecule has 0 amide bonds. The van der Waals surface area contributed by atoms with Crippen LogP contribution in [-0.4, -0.2) is 12.1 Å². The fourth-order valence-electron chi connectivity index (χ4n) is 1.36. The fraction of sp³-hybridized carbons (Fsp3) is 0.400. The summed E-state index contributed by atoms with van der Waals surface area (Å²) in [6.07, 6.45) is -5.74. The van der Waals surface area contributed by atoms with E-state index in [4.69, 9.17) is 5.73 Å². The van der Waals surface area contributed by atoms with Gasteiger partial charge in [0.1, 0.15) is 11.9 Å². The van der Waals surface area contributed by atoms with E-state index >= 15 is 0 Å². The number of hydrogen-bond acceptors (Lipinski definition) is 1. The molecule has 1 aromatic carbocycles. The predicted octanol–water partition coefficient (Wildman–Crippen LogP) is 3.75. The smallest absolute Gasteiger partial charge is 0.319 e. The minimum Gasteiger partial charge on any atom is -0.319 e. The Labute approximate surface area is 105 Å². The Balaban J connectivity index is 0.00000289. The predicted molar refractivity (Wildman–Crippen MR) is 56.3 cm³/mol. The van der Waals surface area contributed by atoms with Gasteiger partial charge in [0.15, 0.2) is 0 Å². The summed E-state index contributed by atoms with van der Waals surface area (Å²) >= 11 is 0. The van der Waals surface area contributed by atoms with Crippen LogP contribution in [0.25, 0.3) is 0 Å². The Morgan fingerprint density at radius 1 is 1.11 bits per heavy atom. The van der Waals surface area contributed by atoms with Crippen LogP contribution < -0.4 is 5.73 Å². The molecule has 1 aromatic rings. The van der Waals surface area contributed by atoms with E-state index in [0.717, 1.165) is 18.2 Å². The Bertz CT molecular complexity index is 417. The van der Waals surface area contributed by atoms with E-state index in [1.54, 1.807) is 0 Å². The number of rotatable bonds is 2. The number of alkyl halides is 5. The molecule has 1 rings (SSSR count). The van der Waals surface area contributed by atoms with Crippen molar-refractivity contribution in [2.75, 3.05) is 0 Å². The molecule has 0 heterocycles. The molecule has 0 unspecified atom stereocenters. The van der Waals surface area contributed by atoms with E-state index in [2.05, 4.69) is 0 Å². The molecule has 2 N–H and O–H groups in total. The molecule has 0 saturated carbocycles. The molecule has 0 fully saturated rings. The first kappa shape index (κ1) is 17.1. The highest BCUT2D eigenvalue weighted by molar-refractivity contribution is 5.85. The molecule has 104 valence electrons. The maximum absolute atomic E-state index is 12.9. The lowest BCUT2D eigenvalue weighted by atomic mass is 9.96. The Hall–Kier alpha value is -0.950. The van der Waals surface area contributed by atoms with Crippen LogP contribution in [0.15, 0.2) is 18.2 Å². The van der Waals surface area contributed by atoms with Gasteiger partial charge >= 0.3 is 12.1 Å². The third kappa shape index (κ3) is 3.08. The second-order valence-electron chi connectivity index (χ2n) is 3.60. The summed E-state index contributed by atoms with van der Waals surface area (Å²) in [5.74, 6) is -5.79. The van der Waals surface area contributed by atoms with Gasteiger partial charge in [-0.25, -0.2) is 4.39 Å². The van der Waals surface area contributed by atoms with Gasteiger partial charge in [-0.1, -0.05) is 6.07 Å². The highest BCUT2D eigenvalue weighted by atomic mass is 35.5. The molecule has 1 atom stereocenters. The molecule has 0 aliphatic heterocycles. The lowest BCUT2D eigenvalue weighted by Crippen LogP contribution is -2.46. The first-order chi connectivity index (χ1) is 7.57. The SMILES string of the molecule is Cc1cc(F)ccc1[C@@H](N)C(F)(F)C(F)(F)F.Cl. The molecule has 18 heavy (non-hydrogen) atoms. The van der Waals surface area contributed by atoms with Gasteiger partial charge in [0, 0.05) is 0 Å². The third-order valence-electron chi connectivity index (χ3n) is 2.34. The van der Waals surface area contributed by atoms with Gasteiger partial charge in [0.05, 0.1) is 0 Å². The largest absolute Gasteiger partial charge is 0.455 e. The van der Waals surface area contributed by atoms with Crippen molar-refractivity contribution in [1.82, 2.24) is 0 Å². The maximum atomic E-state index is 12.9. The molecule has 0 spiro atoms. The van der Waals surface area contributed by atoms with Crippen molar-refractivity contribution in [3.63, 3.8) is 0 Å². The highest BCUT2D eigenvalue weighted by Gasteiger charge is 2.61. The molecule has 0 radical (unpaired) electrons. The monoisotopic (exact) mass is 293 g/mol. The van der Waals surface area contributed by atoms with Gasteiger partial charge in [0.2, 0.25) is 0 Å². The van der Waals surface area contributed by atoms with Gasteiger partial charge in [-0.15, -0.1) is 12.4 Å². The summed E-state index contributed by atoms with van der Waals surface area (Å²) in [5.41, 5.74) is 4.43. The summed E-state index contributed by atoms with van der Waals surface area (Å²) in [6.45, 7) is 1.21. The van der Waals surface area contributed by atoms with E-state index in [-0.39, 0.29) is 18.0 Å². The average molecular weight is 294 g/mol. The van der Waals surface area contributed by atoms with Gasteiger partial charge in [-0.05, 0) is 30.2 Å². The van der Waals surface area contributed by atoms with Crippen LogP contribution in [0, 0.1) is 12.7 Å². The normalized spacial score (nSPS) is 14.0. The zero-order valence-corrected chi connectivity index (χ0v) is 9.88. The maximum Gasteiger partial charge on any atom is 0.455 e. The van der Waals surface area contributed by atoms with E-state index in [0.29, 0.717) is 0 Å². The van der Waals surface area contributed by atoms with Crippen molar-refractivity contribution in [2.24, 2.45) is 5.73 Å². The third-order valence-corrected chi connectivity index (χ3v) is 2.34. The first-order valence-electron chi connectivity index (χ1n) is 4.53. The number of nitrogens with two attached hydrogens (primary N) is 1. The van der Waals surface area contributed by atoms with Crippen LogP contribution in [0.2, 0.25) is 0 Å². The Morgan fingerprint density at radius 2 is 1.61 bits per heavy atom. The molecule has 1 nitrogen and oxygen atoms in total. The molecular weight excluding hydrogens is 284 g/mol. The molecule has 0 aromatic heterocycles. The zero-order chi connectivity index (χ0) is 13.4. The van der Waals surface area contributed by atoms with Gasteiger partial charge in [0.25, 0.3) is 0 Å². The highest BCUT2D eigenvalue weighted by Crippen LogP contribution is 2.43. The lowest BCUT2D eigenvalue weighted by molar-refractivity contribution is -0.291. The lowest BCUT2D eigenvalue weighted by Gasteiger charge is -2.26. The van der Waals surface area contributed by atoms with Crippen LogP contribution in [0.1, 0.15) is 17.2 Å². The standard InChI is InChI=1S/C10H9F6N.ClH/c1-5-4-6(11)2-3-7(5)8(17)9(12,13)10(14,15)16;/h2-4,8H,17H2,1H3;1H/t8-;/m1./s1.